The first-order valence-corrected chi connectivity index (χ1v) is 11.8. The zero-order chi connectivity index (χ0) is 25.7. The number of primary amides is 1. The van der Waals surface area contributed by atoms with Gasteiger partial charge in [0.25, 0.3) is 17.7 Å². The summed E-state index contributed by atoms with van der Waals surface area (Å²) in [5, 5.41) is 3.43. The number of anilines is 2. The van der Waals surface area contributed by atoms with Gasteiger partial charge in [0.1, 0.15) is 11.5 Å². The predicted molar refractivity (Wildman–Crippen MR) is 138 cm³/mol. The molecule has 0 saturated heterocycles. The highest BCUT2D eigenvalue weighted by atomic mass is 35.5. The summed E-state index contributed by atoms with van der Waals surface area (Å²) in [5.74, 6) is -0.731. The van der Waals surface area contributed by atoms with Crippen LogP contribution in [0.5, 0.6) is 11.5 Å². The van der Waals surface area contributed by atoms with Gasteiger partial charge in [0.05, 0.1) is 18.4 Å². The molecule has 0 saturated carbocycles. The molecule has 1 aliphatic rings. The van der Waals surface area contributed by atoms with Gasteiger partial charge in [0.15, 0.2) is 6.61 Å². The number of rotatable bonds is 7. The Morgan fingerprint density at radius 3 is 2.61 bits per heavy atom. The molecular weight excluding hydrogens is 482 g/mol. The fraction of sp³-hybridized carbons (Fsp3) is 0.222. The number of halogens is 1. The molecule has 3 N–H and O–H groups in total. The minimum atomic E-state index is -0.651. The maximum absolute atomic E-state index is 13.5. The van der Waals surface area contributed by atoms with Crippen LogP contribution in [0.4, 0.5) is 11.4 Å². The maximum Gasteiger partial charge on any atom is 0.259 e. The maximum atomic E-state index is 13.5. The Morgan fingerprint density at radius 1 is 1.03 bits per heavy atom. The highest BCUT2D eigenvalue weighted by Gasteiger charge is 2.24. The van der Waals surface area contributed by atoms with Gasteiger partial charge >= 0.3 is 0 Å². The van der Waals surface area contributed by atoms with Crippen molar-refractivity contribution < 1.29 is 23.9 Å². The average Bonchev–Trinajstić information content (AvgIpc) is 3.09. The molecule has 1 aliphatic heterocycles. The number of carbonyl (C=O) groups is 3. The van der Waals surface area contributed by atoms with Crippen molar-refractivity contribution in [2.45, 2.75) is 19.3 Å². The predicted octanol–water partition coefficient (Wildman–Crippen LogP) is 4.45. The van der Waals surface area contributed by atoms with E-state index in [0.29, 0.717) is 28.6 Å². The number of nitrogens with zero attached hydrogens (tertiary/aromatic N) is 1. The minimum absolute atomic E-state index is 0.165. The Balaban J connectivity index is 1.57. The van der Waals surface area contributed by atoms with Crippen LogP contribution >= 0.6 is 11.6 Å². The van der Waals surface area contributed by atoms with Crippen molar-refractivity contribution in [1.29, 1.82) is 0 Å². The van der Waals surface area contributed by atoms with Crippen molar-refractivity contribution >= 4 is 40.7 Å². The molecule has 1 heterocycles. The second-order valence-corrected chi connectivity index (χ2v) is 8.74. The molecule has 8 nitrogen and oxygen atoms in total. The fourth-order valence-corrected chi connectivity index (χ4v) is 4.33. The number of hydrogen-bond acceptors (Lipinski definition) is 5. The van der Waals surface area contributed by atoms with Gasteiger partial charge in [-0.3, -0.25) is 14.4 Å². The normalized spacial score (nSPS) is 12.8. The molecule has 3 aromatic rings. The molecule has 0 fully saturated rings. The lowest BCUT2D eigenvalue weighted by molar-refractivity contribution is -0.119. The van der Waals surface area contributed by atoms with Crippen LogP contribution in [0.1, 0.15) is 39.1 Å². The number of methoxy groups -OCH3 is 1. The number of nitrogens with one attached hydrogen (secondary N) is 1. The monoisotopic (exact) mass is 507 g/mol. The Labute approximate surface area is 213 Å². The standard InChI is InChI=1S/C27H26ClN3O5/c1-35-24-15-18(27(34)31-13-5-4-6-17-14-19(28)10-12-22(17)31)9-11-21(24)30-26(33)20-7-2-3-8-23(20)36-16-25(29)32/h2-3,7-12,14-15H,4-6,13,16H2,1H3,(H2,29,32)(H,30,33). The van der Waals surface area contributed by atoms with Crippen LogP contribution in [0, 0.1) is 0 Å². The van der Waals surface area contributed by atoms with E-state index >= 15 is 0 Å². The largest absolute Gasteiger partial charge is 0.495 e. The highest BCUT2D eigenvalue weighted by molar-refractivity contribution is 6.30. The molecule has 186 valence electrons. The quantitative estimate of drug-likeness (QED) is 0.491. The molecule has 4 rings (SSSR count). The van der Waals surface area contributed by atoms with E-state index in [2.05, 4.69) is 5.32 Å². The molecule has 3 amide bonds. The average molecular weight is 508 g/mol. The Bertz CT molecular complexity index is 1310. The number of para-hydroxylation sites is 1. The van der Waals surface area contributed by atoms with Gasteiger partial charge in [0, 0.05) is 22.8 Å². The van der Waals surface area contributed by atoms with Gasteiger partial charge < -0.3 is 25.4 Å². The summed E-state index contributed by atoms with van der Waals surface area (Å²) in [7, 11) is 1.46. The summed E-state index contributed by atoms with van der Waals surface area (Å²) in [5.41, 5.74) is 8.07. The highest BCUT2D eigenvalue weighted by Crippen LogP contribution is 2.32. The third-order valence-electron chi connectivity index (χ3n) is 5.85. The van der Waals surface area contributed by atoms with Gasteiger partial charge in [-0.05, 0) is 73.4 Å². The summed E-state index contributed by atoms with van der Waals surface area (Å²) in [6.45, 7) is 0.243. The van der Waals surface area contributed by atoms with Gasteiger partial charge in [-0.15, -0.1) is 0 Å². The smallest absolute Gasteiger partial charge is 0.259 e. The van der Waals surface area contributed by atoms with E-state index in [1.54, 1.807) is 53.4 Å². The lowest BCUT2D eigenvalue weighted by atomic mass is 10.1. The second-order valence-electron chi connectivity index (χ2n) is 8.31. The SMILES string of the molecule is COc1cc(C(=O)N2CCCCc3cc(Cl)ccc32)ccc1NC(=O)c1ccccc1OCC(N)=O. The topological polar surface area (TPSA) is 111 Å². The summed E-state index contributed by atoms with van der Waals surface area (Å²) in [6.07, 6.45) is 2.70. The fourth-order valence-electron chi connectivity index (χ4n) is 4.14. The number of amides is 3. The van der Waals surface area contributed by atoms with E-state index in [1.165, 1.54) is 7.11 Å². The third-order valence-corrected chi connectivity index (χ3v) is 6.09. The number of carbonyl (C=O) groups excluding carboxylic acids is 3. The van der Waals surface area contributed by atoms with Crippen molar-refractivity contribution in [3.63, 3.8) is 0 Å². The van der Waals surface area contributed by atoms with E-state index in [4.69, 9.17) is 26.8 Å². The second kappa shape index (κ2) is 11.1. The van der Waals surface area contributed by atoms with Crippen molar-refractivity contribution in [3.8, 4) is 11.5 Å². The van der Waals surface area contributed by atoms with E-state index in [9.17, 15) is 14.4 Å². The van der Waals surface area contributed by atoms with Crippen LogP contribution in [0.2, 0.25) is 5.02 Å². The van der Waals surface area contributed by atoms with Crippen molar-refractivity contribution in [2.24, 2.45) is 5.73 Å². The first-order valence-electron chi connectivity index (χ1n) is 11.5. The van der Waals surface area contributed by atoms with Crippen LogP contribution in [-0.4, -0.2) is 38.0 Å². The number of hydrogen-bond donors (Lipinski definition) is 2. The molecule has 0 aliphatic carbocycles. The van der Waals surface area contributed by atoms with Crippen LogP contribution in [0.15, 0.2) is 60.7 Å². The summed E-state index contributed by atoms with van der Waals surface area (Å²) < 4.78 is 10.8. The molecular formula is C27H26ClN3O5. The number of ether oxygens (including phenoxy) is 2. The van der Waals surface area contributed by atoms with Crippen molar-refractivity contribution in [3.05, 3.63) is 82.4 Å². The molecule has 36 heavy (non-hydrogen) atoms. The summed E-state index contributed by atoms with van der Waals surface area (Å²) in [6, 6.07) is 17.0. The Morgan fingerprint density at radius 2 is 1.83 bits per heavy atom. The van der Waals surface area contributed by atoms with E-state index in [1.807, 2.05) is 12.1 Å². The van der Waals surface area contributed by atoms with Crippen molar-refractivity contribution in [2.75, 3.05) is 30.5 Å². The number of fused-ring (bicyclic) bond motifs is 1. The minimum Gasteiger partial charge on any atom is -0.495 e. The molecule has 0 bridgehead atoms. The molecule has 3 aromatic carbocycles. The first kappa shape index (κ1) is 25.1. The summed E-state index contributed by atoms with van der Waals surface area (Å²) in [4.78, 5) is 39.3. The van der Waals surface area contributed by atoms with E-state index < -0.39 is 11.8 Å². The third kappa shape index (κ3) is 5.60. The zero-order valence-corrected chi connectivity index (χ0v) is 20.5. The van der Waals surface area contributed by atoms with E-state index in [-0.39, 0.29) is 23.8 Å². The first-order chi connectivity index (χ1) is 17.4. The van der Waals surface area contributed by atoms with Crippen molar-refractivity contribution in [1.82, 2.24) is 0 Å². The van der Waals surface area contributed by atoms with Crippen LogP contribution in [0.3, 0.4) is 0 Å². The molecule has 0 radical (unpaired) electrons. The number of nitrogens with two attached hydrogens (primary N) is 1. The van der Waals surface area contributed by atoms with Gasteiger partial charge in [-0.25, -0.2) is 0 Å². The van der Waals surface area contributed by atoms with Gasteiger partial charge in [-0.2, -0.15) is 0 Å². The van der Waals surface area contributed by atoms with Gasteiger partial charge in [-0.1, -0.05) is 23.7 Å². The lowest BCUT2D eigenvalue weighted by Gasteiger charge is -2.23. The Kier molecular flexibility index (Phi) is 7.75. The van der Waals surface area contributed by atoms with E-state index in [0.717, 1.165) is 30.5 Å². The molecule has 0 aromatic heterocycles. The Hall–Kier alpha value is -4.04. The summed E-state index contributed by atoms with van der Waals surface area (Å²) >= 11 is 6.18. The molecule has 9 heteroatoms. The molecule has 0 unspecified atom stereocenters. The lowest BCUT2D eigenvalue weighted by Crippen LogP contribution is -2.31. The van der Waals surface area contributed by atoms with Crippen LogP contribution < -0.4 is 25.4 Å². The molecule has 0 spiro atoms. The van der Waals surface area contributed by atoms with Crippen LogP contribution in [-0.2, 0) is 11.2 Å². The number of aryl methyl sites for hydroxylation is 1. The number of benzene rings is 3. The molecule has 0 atom stereocenters. The zero-order valence-electron chi connectivity index (χ0n) is 19.8. The van der Waals surface area contributed by atoms with Gasteiger partial charge in [0.2, 0.25) is 0 Å². The van der Waals surface area contributed by atoms with Crippen LogP contribution in [0.25, 0.3) is 0 Å².